The van der Waals surface area contributed by atoms with Gasteiger partial charge < -0.3 is 5.73 Å². The number of rotatable bonds is 5. The van der Waals surface area contributed by atoms with Crippen molar-refractivity contribution in [2.45, 2.75) is 27.3 Å². The smallest absolute Gasteiger partial charge is 0.180 e. The van der Waals surface area contributed by atoms with Gasteiger partial charge in [-0.05, 0) is 20.0 Å². The lowest BCUT2D eigenvalue weighted by Crippen LogP contribution is -2.21. The molecule has 4 heteroatoms. The quantitative estimate of drug-likeness (QED) is 0.907. The maximum Gasteiger partial charge on any atom is 0.180 e. The molecule has 0 spiro atoms. The van der Waals surface area contributed by atoms with Gasteiger partial charge in [0.15, 0.2) is 5.13 Å². The lowest BCUT2D eigenvalue weighted by Gasteiger charge is -2.17. The summed E-state index contributed by atoms with van der Waals surface area (Å²) in [5.41, 5.74) is 9.35. The van der Waals surface area contributed by atoms with Crippen LogP contribution < -0.4 is 5.73 Å². The predicted octanol–water partition coefficient (Wildman–Crippen LogP) is 3.54. The van der Waals surface area contributed by atoms with Crippen LogP contribution in [0.25, 0.3) is 11.3 Å². The number of aryl methyl sites for hydroxylation is 1. The van der Waals surface area contributed by atoms with Gasteiger partial charge >= 0.3 is 0 Å². The van der Waals surface area contributed by atoms with Crippen LogP contribution in [-0.4, -0.2) is 23.0 Å². The van der Waals surface area contributed by atoms with Crippen LogP contribution in [0, 0.1) is 6.92 Å². The summed E-state index contributed by atoms with van der Waals surface area (Å²) in [6, 6.07) is 8.48. The zero-order valence-electron chi connectivity index (χ0n) is 11.8. The van der Waals surface area contributed by atoms with Crippen molar-refractivity contribution in [3.63, 3.8) is 0 Å². The number of anilines is 1. The van der Waals surface area contributed by atoms with Gasteiger partial charge in [-0.15, -0.1) is 11.3 Å². The number of aromatic nitrogens is 1. The van der Waals surface area contributed by atoms with E-state index in [9.17, 15) is 0 Å². The molecule has 0 saturated carbocycles. The van der Waals surface area contributed by atoms with Gasteiger partial charge in [0.25, 0.3) is 0 Å². The van der Waals surface area contributed by atoms with Gasteiger partial charge in [-0.2, -0.15) is 0 Å². The number of hydrogen-bond donors (Lipinski definition) is 1. The lowest BCUT2D eigenvalue weighted by atomic mass is 10.1. The predicted molar refractivity (Wildman–Crippen MR) is 83.3 cm³/mol. The van der Waals surface area contributed by atoms with E-state index in [1.54, 1.807) is 11.3 Å². The summed E-state index contributed by atoms with van der Waals surface area (Å²) in [6.45, 7) is 9.46. The zero-order chi connectivity index (χ0) is 13.8. The van der Waals surface area contributed by atoms with Crippen molar-refractivity contribution in [3.8, 4) is 11.3 Å². The fourth-order valence-electron chi connectivity index (χ4n) is 2.06. The number of nitrogens with two attached hydrogens (primary N) is 1. The van der Waals surface area contributed by atoms with Gasteiger partial charge in [0.05, 0.1) is 5.69 Å². The number of thiazole rings is 1. The van der Waals surface area contributed by atoms with Crippen molar-refractivity contribution < 1.29 is 0 Å². The number of hydrogen-bond acceptors (Lipinski definition) is 4. The number of nitrogens with zero attached hydrogens (tertiary/aromatic N) is 2. The van der Waals surface area contributed by atoms with Crippen LogP contribution in [0.1, 0.15) is 24.3 Å². The Labute approximate surface area is 119 Å². The highest BCUT2D eigenvalue weighted by Crippen LogP contribution is 2.30. The van der Waals surface area contributed by atoms with Crippen LogP contribution in [0.15, 0.2) is 24.3 Å². The van der Waals surface area contributed by atoms with Crippen LogP contribution >= 0.6 is 11.3 Å². The summed E-state index contributed by atoms with van der Waals surface area (Å²) in [7, 11) is 0. The van der Waals surface area contributed by atoms with Gasteiger partial charge in [-0.1, -0.05) is 43.7 Å². The van der Waals surface area contributed by atoms with Crippen molar-refractivity contribution in [1.82, 2.24) is 9.88 Å². The minimum absolute atomic E-state index is 0.651. The van der Waals surface area contributed by atoms with E-state index in [0.717, 1.165) is 30.9 Å². The second-order valence-electron chi connectivity index (χ2n) is 4.65. The summed E-state index contributed by atoms with van der Waals surface area (Å²) in [6.07, 6.45) is 0. The molecule has 1 aromatic carbocycles. The molecule has 102 valence electrons. The summed E-state index contributed by atoms with van der Waals surface area (Å²) in [4.78, 5) is 8.14. The zero-order valence-corrected chi connectivity index (χ0v) is 12.6. The molecule has 0 amide bonds. The number of benzene rings is 1. The second kappa shape index (κ2) is 6.17. The highest BCUT2D eigenvalue weighted by atomic mass is 32.1. The summed E-state index contributed by atoms with van der Waals surface area (Å²) < 4.78 is 0. The molecule has 0 atom stereocenters. The van der Waals surface area contributed by atoms with Gasteiger partial charge in [-0.25, -0.2) is 4.98 Å². The molecule has 0 aliphatic heterocycles. The Bertz CT molecular complexity index is 527. The molecule has 2 rings (SSSR count). The van der Waals surface area contributed by atoms with Crippen molar-refractivity contribution in [3.05, 3.63) is 34.7 Å². The van der Waals surface area contributed by atoms with Crippen LogP contribution in [-0.2, 0) is 6.54 Å². The highest BCUT2D eigenvalue weighted by Gasteiger charge is 2.13. The maximum atomic E-state index is 5.89. The molecule has 0 bridgehead atoms. The first-order chi connectivity index (χ1) is 9.13. The molecule has 0 aliphatic rings. The first kappa shape index (κ1) is 14.0. The first-order valence-electron chi connectivity index (χ1n) is 6.68. The third kappa shape index (κ3) is 3.33. The van der Waals surface area contributed by atoms with E-state index in [-0.39, 0.29) is 0 Å². The van der Waals surface area contributed by atoms with Crippen LogP contribution in [0.2, 0.25) is 0 Å². The van der Waals surface area contributed by atoms with Gasteiger partial charge in [0.2, 0.25) is 0 Å². The molecule has 0 fully saturated rings. The monoisotopic (exact) mass is 275 g/mol. The molecule has 0 saturated heterocycles. The van der Waals surface area contributed by atoms with E-state index >= 15 is 0 Å². The summed E-state index contributed by atoms with van der Waals surface area (Å²) in [5.74, 6) is 0. The Morgan fingerprint density at radius 3 is 2.37 bits per heavy atom. The summed E-state index contributed by atoms with van der Waals surface area (Å²) in [5, 5.41) is 0.651. The summed E-state index contributed by atoms with van der Waals surface area (Å²) >= 11 is 1.60. The third-order valence-corrected chi connectivity index (χ3v) is 4.17. The minimum atomic E-state index is 0.651. The standard InChI is InChI=1S/C15H21N3S/c1-4-18(5-2)10-13-14(17-15(16)19-13)12-8-6-11(3)7-9-12/h6-9H,4-5,10H2,1-3H3,(H2,16,17). The molecular weight excluding hydrogens is 254 g/mol. The van der Waals surface area contributed by atoms with Crippen molar-refractivity contribution in [1.29, 1.82) is 0 Å². The SMILES string of the molecule is CCN(CC)Cc1sc(N)nc1-c1ccc(C)cc1. The molecule has 1 heterocycles. The average molecular weight is 275 g/mol. The molecule has 0 unspecified atom stereocenters. The Morgan fingerprint density at radius 2 is 1.79 bits per heavy atom. The normalized spacial score (nSPS) is 11.2. The third-order valence-electron chi connectivity index (χ3n) is 3.30. The van der Waals surface area contributed by atoms with Gasteiger partial charge in [0, 0.05) is 17.0 Å². The van der Waals surface area contributed by atoms with Crippen LogP contribution in [0.4, 0.5) is 5.13 Å². The number of nitrogen functional groups attached to an aromatic ring is 1. The van der Waals surface area contributed by atoms with Gasteiger partial charge in [-0.3, -0.25) is 4.90 Å². The fraction of sp³-hybridized carbons (Fsp3) is 0.400. The van der Waals surface area contributed by atoms with Crippen LogP contribution in [0.3, 0.4) is 0 Å². The molecule has 19 heavy (non-hydrogen) atoms. The highest BCUT2D eigenvalue weighted by molar-refractivity contribution is 7.15. The Kier molecular flexibility index (Phi) is 4.56. The van der Waals surface area contributed by atoms with Gasteiger partial charge in [0.1, 0.15) is 0 Å². The minimum Gasteiger partial charge on any atom is -0.375 e. The molecule has 0 radical (unpaired) electrons. The lowest BCUT2D eigenvalue weighted by molar-refractivity contribution is 0.298. The van der Waals surface area contributed by atoms with Crippen molar-refractivity contribution in [2.24, 2.45) is 0 Å². The Balaban J connectivity index is 2.32. The molecule has 2 N–H and O–H groups in total. The fourth-order valence-corrected chi connectivity index (χ4v) is 2.96. The molecule has 1 aromatic heterocycles. The second-order valence-corrected chi connectivity index (χ2v) is 5.77. The van der Waals surface area contributed by atoms with E-state index in [1.807, 2.05) is 0 Å². The molecule has 0 aliphatic carbocycles. The molecule has 3 nitrogen and oxygen atoms in total. The topological polar surface area (TPSA) is 42.1 Å². The first-order valence-corrected chi connectivity index (χ1v) is 7.50. The van der Waals surface area contributed by atoms with Crippen molar-refractivity contribution >= 4 is 16.5 Å². The molecular formula is C15H21N3S. The van der Waals surface area contributed by atoms with Crippen molar-refractivity contribution in [2.75, 3.05) is 18.8 Å². The maximum absolute atomic E-state index is 5.89. The van der Waals surface area contributed by atoms with E-state index in [4.69, 9.17) is 5.73 Å². The van der Waals surface area contributed by atoms with E-state index < -0.39 is 0 Å². The molecule has 2 aromatic rings. The van der Waals surface area contributed by atoms with E-state index in [0.29, 0.717) is 5.13 Å². The Morgan fingerprint density at radius 1 is 1.16 bits per heavy atom. The largest absolute Gasteiger partial charge is 0.375 e. The van der Waals surface area contributed by atoms with E-state index in [1.165, 1.54) is 10.4 Å². The average Bonchev–Trinajstić information content (AvgIpc) is 2.77. The van der Waals surface area contributed by atoms with Crippen LogP contribution in [0.5, 0.6) is 0 Å². The van der Waals surface area contributed by atoms with E-state index in [2.05, 4.69) is 54.9 Å². The Hall–Kier alpha value is -1.39.